The number of ether oxygens (including phenoxy) is 1. The van der Waals surface area contributed by atoms with Crippen LogP contribution < -0.4 is 5.32 Å². The Kier molecular flexibility index (Phi) is 2.87. The first-order valence-corrected chi connectivity index (χ1v) is 6.04. The van der Waals surface area contributed by atoms with Gasteiger partial charge in [-0.1, -0.05) is 29.8 Å². The van der Waals surface area contributed by atoms with Crippen molar-refractivity contribution in [3.63, 3.8) is 0 Å². The van der Waals surface area contributed by atoms with Crippen molar-refractivity contribution in [1.82, 2.24) is 0 Å². The molecule has 3 rings (SSSR count). The molecular weight excluding hydrogens is 269 g/mol. The summed E-state index contributed by atoms with van der Waals surface area (Å²) in [4.78, 5) is 11.6. The molecule has 2 aromatic carbocycles. The molecule has 1 heterocycles. The van der Waals surface area contributed by atoms with Gasteiger partial charge in [0.2, 0.25) is 6.23 Å². The van der Waals surface area contributed by atoms with Gasteiger partial charge in [-0.05, 0) is 24.3 Å². The molecule has 0 saturated carbocycles. The number of esters is 1. The topological polar surface area (TPSA) is 38.3 Å². The van der Waals surface area contributed by atoms with Crippen LogP contribution in [-0.2, 0) is 4.74 Å². The van der Waals surface area contributed by atoms with E-state index in [4.69, 9.17) is 16.3 Å². The summed E-state index contributed by atoms with van der Waals surface area (Å²) in [7, 11) is 0. The second-order valence-electron chi connectivity index (χ2n) is 4.15. The van der Waals surface area contributed by atoms with E-state index in [1.807, 2.05) is 12.1 Å². The van der Waals surface area contributed by atoms with Gasteiger partial charge in [0.15, 0.2) is 0 Å². The first kappa shape index (κ1) is 12.0. The molecule has 0 bridgehead atoms. The Bertz CT molecular complexity index is 660. The summed E-state index contributed by atoms with van der Waals surface area (Å²) in [6.45, 7) is 0. The van der Waals surface area contributed by atoms with Crippen LogP contribution in [0.25, 0.3) is 0 Å². The van der Waals surface area contributed by atoms with E-state index in [2.05, 4.69) is 5.32 Å². The Morgan fingerprint density at radius 1 is 1.21 bits per heavy atom. The SMILES string of the molecule is O=C1O[C@@H](Nc2ccc(F)c(Cl)c2)c2ccccc21. The van der Waals surface area contributed by atoms with Crippen LogP contribution in [0.2, 0.25) is 5.02 Å². The van der Waals surface area contributed by atoms with E-state index in [1.54, 1.807) is 12.1 Å². The van der Waals surface area contributed by atoms with Crippen LogP contribution in [0.5, 0.6) is 0 Å². The lowest BCUT2D eigenvalue weighted by Crippen LogP contribution is -2.10. The van der Waals surface area contributed by atoms with Crippen molar-refractivity contribution >= 4 is 23.3 Å². The van der Waals surface area contributed by atoms with E-state index in [0.717, 1.165) is 5.56 Å². The zero-order valence-electron chi connectivity index (χ0n) is 9.69. The number of nitrogens with one attached hydrogen (secondary N) is 1. The fourth-order valence-corrected chi connectivity index (χ4v) is 2.17. The predicted octanol–water partition coefficient (Wildman–Crippen LogP) is 3.76. The fourth-order valence-electron chi connectivity index (χ4n) is 1.99. The minimum atomic E-state index is -0.578. The molecule has 0 saturated heterocycles. The molecule has 5 heteroatoms. The first-order chi connectivity index (χ1) is 9.15. The minimum absolute atomic E-state index is 0.0163. The standard InChI is InChI=1S/C14H9ClFNO2/c15-11-7-8(5-6-12(11)16)17-13-9-3-1-2-4-10(9)14(18)19-13/h1-7,13,17H/t13-/m1/s1. The van der Waals surface area contributed by atoms with Gasteiger partial charge in [-0.3, -0.25) is 0 Å². The van der Waals surface area contributed by atoms with Crippen LogP contribution in [-0.4, -0.2) is 5.97 Å². The van der Waals surface area contributed by atoms with Crippen molar-refractivity contribution in [2.24, 2.45) is 0 Å². The average Bonchev–Trinajstić information content (AvgIpc) is 2.72. The lowest BCUT2D eigenvalue weighted by Gasteiger charge is -2.14. The zero-order valence-corrected chi connectivity index (χ0v) is 10.4. The highest BCUT2D eigenvalue weighted by molar-refractivity contribution is 6.31. The molecule has 0 aliphatic carbocycles. The van der Waals surface area contributed by atoms with Crippen molar-refractivity contribution < 1.29 is 13.9 Å². The molecule has 1 aliphatic heterocycles. The smallest absolute Gasteiger partial charge is 0.340 e. The van der Waals surface area contributed by atoms with Crippen molar-refractivity contribution in [2.75, 3.05) is 5.32 Å². The second kappa shape index (κ2) is 4.55. The molecule has 0 amide bonds. The van der Waals surface area contributed by atoms with E-state index in [9.17, 15) is 9.18 Å². The number of fused-ring (bicyclic) bond motifs is 1. The lowest BCUT2D eigenvalue weighted by atomic mass is 10.1. The predicted molar refractivity (Wildman–Crippen MR) is 69.6 cm³/mol. The van der Waals surface area contributed by atoms with E-state index in [-0.39, 0.29) is 11.0 Å². The highest BCUT2D eigenvalue weighted by Crippen LogP contribution is 2.32. The maximum atomic E-state index is 13.1. The van der Waals surface area contributed by atoms with E-state index < -0.39 is 12.0 Å². The molecule has 2 aromatic rings. The molecule has 96 valence electrons. The Morgan fingerprint density at radius 2 is 2.00 bits per heavy atom. The quantitative estimate of drug-likeness (QED) is 0.850. The largest absolute Gasteiger partial charge is 0.434 e. The van der Waals surface area contributed by atoms with Gasteiger partial charge in [-0.25, -0.2) is 9.18 Å². The molecule has 0 fully saturated rings. The molecule has 19 heavy (non-hydrogen) atoms. The summed E-state index contributed by atoms with van der Waals surface area (Å²) in [5, 5.41) is 3.02. The van der Waals surface area contributed by atoms with Crippen LogP contribution in [0.15, 0.2) is 42.5 Å². The molecule has 0 radical (unpaired) electrons. The number of cyclic esters (lactones) is 1. The van der Waals surface area contributed by atoms with Crippen LogP contribution in [0.3, 0.4) is 0 Å². The number of hydrogen-bond donors (Lipinski definition) is 1. The summed E-state index contributed by atoms with van der Waals surface area (Å²) < 4.78 is 18.3. The van der Waals surface area contributed by atoms with Crippen molar-refractivity contribution in [3.05, 3.63) is 64.4 Å². The molecule has 1 N–H and O–H groups in total. The summed E-state index contributed by atoms with van der Waals surface area (Å²) in [6, 6.07) is 11.4. The lowest BCUT2D eigenvalue weighted by molar-refractivity contribution is 0.0437. The summed E-state index contributed by atoms with van der Waals surface area (Å²) in [5.41, 5.74) is 1.88. The number of carbonyl (C=O) groups is 1. The Labute approximate surface area is 114 Å². The number of halogens is 2. The van der Waals surface area contributed by atoms with Gasteiger partial charge >= 0.3 is 5.97 Å². The van der Waals surface area contributed by atoms with Crippen molar-refractivity contribution in [1.29, 1.82) is 0 Å². The molecule has 1 atom stereocenters. The summed E-state index contributed by atoms with van der Waals surface area (Å²) in [6.07, 6.45) is -0.578. The monoisotopic (exact) mass is 277 g/mol. The number of rotatable bonds is 2. The third-order valence-electron chi connectivity index (χ3n) is 2.91. The maximum Gasteiger partial charge on any atom is 0.340 e. The van der Waals surface area contributed by atoms with Crippen molar-refractivity contribution in [2.45, 2.75) is 6.23 Å². The molecular formula is C14H9ClFNO2. The van der Waals surface area contributed by atoms with Gasteiger partial charge in [0, 0.05) is 11.3 Å². The van der Waals surface area contributed by atoms with Gasteiger partial charge in [-0.2, -0.15) is 0 Å². The Morgan fingerprint density at radius 3 is 2.79 bits per heavy atom. The summed E-state index contributed by atoms with van der Waals surface area (Å²) in [5.74, 6) is -0.864. The Balaban J connectivity index is 1.89. The summed E-state index contributed by atoms with van der Waals surface area (Å²) >= 11 is 5.71. The van der Waals surface area contributed by atoms with Gasteiger partial charge in [0.1, 0.15) is 5.82 Å². The molecule has 0 unspecified atom stereocenters. The zero-order chi connectivity index (χ0) is 13.4. The highest BCUT2D eigenvalue weighted by Gasteiger charge is 2.30. The molecule has 0 spiro atoms. The van der Waals surface area contributed by atoms with Crippen LogP contribution in [0, 0.1) is 5.82 Å². The maximum absolute atomic E-state index is 13.1. The molecule has 0 aromatic heterocycles. The average molecular weight is 278 g/mol. The van der Waals surface area contributed by atoms with Crippen LogP contribution in [0.1, 0.15) is 22.1 Å². The Hall–Kier alpha value is -2.07. The molecule has 3 nitrogen and oxygen atoms in total. The fraction of sp³-hybridized carbons (Fsp3) is 0.0714. The third kappa shape index (κ3) is 2.15. The van der Waals surface area contributed by atoms with Crippen LogP contribution in [0.4, 0.5) is 10.1 Å². The first-order valence-electron chi connectivity index (χ1n) is 5.66. The van der Waals surface area contributed by atoms with E-state index >= 15 is 0 Å². The van der Waals surface area contributed by atoms with E-state index in [0.29, 0.717) is 11.3 Å². The van der Waals surface area contributed by atoms with Gasteiger partial charge < -0.3 is 10.1 Å². The minimum Gasteiger partial charge on any atom is -0.434 e. The van der Waals surface area contributed by atoms with Crippen molar-refractivity contribution in [3.8, 4) is 0 Å². The van der Waals surface area contributed by atoms with Crippen LogP contribution >= 0.6 is 11.6 Å². The van der Waals surface area contributed by atoms with Gasteiger partial charge in [-0.15, -0.1) is 0 Å². The van der Waals surface area contributed by atoms with Gasteiger partial charge in [0.25, 0.3) is 0 Å². The normalized spacial score (nSPS) is 16.9. The third-order valence-corrected chi connectivity index (χ3v) is 3.20. The van der Waals surface area contributed by atoms with Gasteiger partial charge in [0.05, 0.1) is 10.6 Å². The van der Waals surface area contributed by atoms with E-state index in [1.165, 1.54) is 18.2 Å². The number of hydrogen-bond acceptors (Lipinski definition) is 3. The number of anilines is 1. The number of benzene rings is 2. The molecule has 1 aliphatic rings. The number of carbonyl (C=O) groups excluding carboxylic acids is 1. The highest BCUT2D eigenvalue weighted by atomic mass is 35.5. The second-order valence-corrected chi connectivity index (χ2v) is 4.55.